The zero-order chi connectivity index (χ0) is 16.7. The number of aliphatic imine (C=N–C) groups is 1. The Hall–Kier alpha value is 0.01000. The van der Waals surface area contributed by atoms with Crippen LogP contribution in [0.3, 0.4) is 0 Å². The van der Waals surface area contributed by atoms with E-state index in [1.54, 1.807) is 11.3 Å². The molecule has 1 aliphatic carbocycles. The van der Waals surface area contributed by atoms with E-state index in [0.29, 0.717) is 17.7 Å². The maximum atomic E-state index is 10.7. The molecule has 0 spiro atoms. The molecule has 0 bridgehead atoms. The fourth-order valence-electron chi connectivity index (χ4n) is 2.70. The van der Waals surface area contributed by atoms with Crippen LogP contribution in [0, 0.1) is 0 Å². The number of rotatable bonds is 8. The number of nitrogens with one attached hydrogen (secondary N) is 2. The van der Waals surface area contributed by atoms with Crippen molar-refractivity contribution < 1.29 is 5.11 Å². The van der Waals surface area contributed by atoms with Gasteiger partial charge in [-0.15, -0.1) is 35.3 Å². The molecule has 0 aromatic carbocycles. The predicted octanol–water partition coefficient (Wildman–Crippen LogP) is 3.67. The van der Waals surface area contributed by atoms with Crippen LogP contribution in [-0.2, 0) is 0 Å². The smallest absolute Gasteiger partial charge is 0.191 e. The monoisotopic (exact) mass is 483 g/mol. The van der Waals surface area contributed by atoms with Crippen molar-refractivity contribution in [3.05, 3.63) is 22.4 Å². The Morgan fingerprint density at radius 1 is 1.50 bits per heavy atom. The molecule has 7 heteroatoms. The highest BCUT2D eigenvalue weighted by molar-refractivity contribution is 14.0. The van der Waals surface area contributed by atoms with E-state index in [2.05, 4.69) is 53.9 Å². The highest BCUT2D eigenvalue weighted by Crippen LogP contribution is 2.41. The molecule has 0 radical (unpaired) electrons. The lowest BCUT2D eigenvalue weighted by Gasteiger charge is -2.44. The second-order valence-corrected chi connectivity index (χ2v) is 8.54. The summed E-state index contributed by atoms with van der Waals surface area (Å²) in [5.74, 6) is 2.30. The van der Waals surface area contributed by atoms with Gasteiger partial charge < -0.3 is 15.7 Å². The average molecular weight is 483 g/mol. The second kappa shape index (κ2) is 10.9. The van der Waals surface area contributed by atoms with Gasteiger partial charge in [-0.2, -0.15) is 11.8 Å². The summed E-state index contributed by atoms with van der Waals surface area (Å²) < 4.78 is 0. The van der Waals surface area contributed by atoms with Crippen molar-refractivity contribution in [2.45, 2.75) is 50.4 Å². The largest absolute Gasteiger partial charge is 0.387 e. The number of thioether (sulfide) groups is 1. The van der Waals surface area contributed by atoms with Crippen LogP contribution in [0.15, 0.2) is 22.5 Å². The van der Waals surface area contributed by atoms with E-state index in [0.717, 1.165) is 37.6 Å². The Balaban J connectivity index is 0.00000288. The summed E-state index contributed by atoms with van der Waals surface area (Å²) in [5, 5.41) is 19.8. The van der Waals surface area contributed by atoms with E-state index < -0.39 is 5.60 Å². The molecule has 0 aliphatic heterocycles. The molecule has 2 rings (SSSR count). The van der Waals surface area contributed by atoms with E-state index in [1.807, 2.05) is 11.8 Å². The lowest BCUT2D eigenvalue weighted by Crippen LogP contribution is -2.53. The molecular formula is C17H30IN3OS2. The highest BCUT2D eigenvalue weighted by atomic mass is 127. The number of hydrogen-bond donors (Lipinski definition) is 3. The Bertz CT molecular complexity index is 498. The van der Waals surface area contributed by atoms with E-state index in [1.165, 1.54) is 4.88 Å². The van der Waals surface area contributed by atoms with Gasteiger partial charge in [-0.05, 0) is 37.0 Å². The van der Waals surface area contributed by atoms with Gasteiger partial charge in [-0.25, -0.2) is 0 Å². The second-order valence-electron chi connectivity index (χ2n) is 6.08. The number of aliphatic hydroxyl groups is 1. The van der Waals surface area contributed by atoms with E-state index in [9.17, 15) is 5.11 Å². The molecule has 138 valence electrons. The van der Waals surface area contributed by atoms with Crippen molar-refractivity contribution in [3.63, 3.8) is 0 Å². The first-order valence-corrected chi connectivity index (χ1v) is 10.4. The summed E-state index contributed by atoms with van der Waals surface area (Å²) in [4.78, 5) is 6.01. The standard InChI is InChI=1S/C17H29N3OS2.HI/c1-4-18-16(19-11-13(3)14-7-6-10-23-14)20-12-17(21)9-8-15(17)22-5-2;/h6-7,10,13,15,21H,4-5,8-9,11-12H2,1-3H3,(H2,18,19,20);1H. The minimum Gasteiger partial charge on any atom is -0.387 e. The number of guanidine groups is 1. The van der Waals surface area contributed by atoms with Crippen LogP contribution in [-0.4, -0.2) is 47.3 Å². The maximum absolute atomic E-state index is 10.7. The first kappa shape index (κ1) is 22.1. The quantitative estimate of drug-likeness (QED) is 0.300. The van der Waals surface area contributed by atoms with E-state index >= 15 is 0 Å². The van der Waals surface area contributed by atoms with Gasteiger partial charge >= 0.3 is 0 Å². The molecular weight excluding hydrogens is 453 g/mol. The lowest BCUT2D eigenvalue weighted by atomic mass is 9.79. The van der Waals surface area contributed by atoms with E-state index in [-0.39, 0.29) is 24.0 Å². The SMILES string of the molecule is CCNC(=NCC1(O)CCC1SCC)NCC(C)c1cccs1.I. The molecule has 3 N–H and O–H groups in total. The molecule has 4 nitrogen and oxygen atoms in total. The van der Waals surface area contributed by atoms with E-state index in [4.69, 9.17) is 0 Å². The fraction of sp³-hybridized carbons (Fsp3) is 0.706. The van der Waals surface area contributed by atoms with Crippen LogP contribution >= 0.6 is 47.1 Å². The predicted molar refractivity (Wildman–Crippen MR) is 118 cm³/mol. The van der Waals surface area contributed by atoms with Gasteiger partial charge in [0.05, 0.1) is 12.1 Å². The fourth-order valence-corrected chi connectivity index (χ4v) is 4.67. The van der Waals surface area contributed by atoms with Gasteiger partial charge in [0.1, 0.15) is 0 Å². The van der Waals surface area contributed by atoms with Crippen LogP contribution in [0.1, 0.15) is 44.4 Å². The van der Waals surface area contributed by atoms with Crippen LogP contribution in [0.25, 0.3) is 0 Å². The molecule has 1 aromatic heterocycles. The van der Waals surface area contributed by atoms with Crippen molar-refractivity contribution in [1.29, 1.82) is 0 Å². The summed E-state index contributed by atoms with van der Waals surface area (Å²) >= 11 is 3.64. The molecule has 24 heavy (non-hydrogen) atoms. The van der Waals surface area contributed by atoms with Crippen LogP contribution in [0.5, 0.6) is 0 Å². The van der Waals surface area contributed by atoms with Gasteiger partial charge in [0, 0.05) is 29.1 Å². The zero-order valence-electron chi connectivity index (χ0n) is 14.7. The third-order valence-corrected chi connectivity index (χ3v) is 6.78. The Labute approximate surface area is 171 Å². The lowest BCUT2D eigenvalue weighted by molar-refractivity contribution is -0.0154. The van der Waals surface area contributed by atoms with Gasteiger partial charge in [0.2, 0.25) is 0 Å². The molecule has 0 saturated heterocycles. The molecule has 1 saturated carbocycles. The minimum atomic E-state index is -0.623. The summed E-state index contributed by atoms with van der Waals surface area (Å²) in [6, 6.07) is 4.26. The highest BCUT2D eigenvalue weighted by Gasteiger charge is 2.45. The molecule has 1 aliphatic rings. The molecule has 0 amide bonds. The number of thiophene rings is 1. The first-order valence-electron chi connectivity index (χ1n) is 8.48. The summed E-state index contributed by atoms with van der Waals surface area (Å²) in [5.41, 5.74) is -0.623. The van der Waals surface area contributed by atoms with Crippen molar-refractivity contribution in [2.75, 3.05) is 25.4 Å². The Kier molecular flexibility index (Phi) is 10.00. The minimum absolute atomic E-state index is 0. The number of hydrogen-bond acceptors (Lipinski definition) is 4. The summed E-state index contributed by atoms with van der Waals surface area (Å²) in [7, 11) is 0. The zero-order valence-corrected chi connectivity index (χ0v) is 18.7. The van der Waals surface area contributed by atoms with Gasteiger partial charge in [-0.1, -0.05) is 19.9 Å². The molecule has 1 heterocycles. The van der Waals surface area contributed by atoms with Crippen molar-refractivity contribution in [2.24, 2.45) is 4.99 Å². The topological polar surface area (TPSA) is 56.7 Å². The third kappa shape index (κ3) is 6.07. The van der Waals surface area contributed by atoms with Gasteiger partial charge in [0.25, 0.3) is 0 Å². The Morgan fingerprint density at radius 3 is 2.83 bits per heavy atom. The van der Waals surface area contributed by atoms with Crippen molar-refractivity contribution >= 4 is 53.0 Å². The van der Waals surface area contributed by atoms with Crippen LogP contribution < -0.4 is 10.6 Å². The van der Waals surface area contributed by atoms with Crippen LogP contribution in [0.2, 0.25) is 0 Å². The molecule has 3 atom stereocenters. The molecule has 1 aromatic rings. The summed E-state index contributed by atoms with van der Waals surface area (Å²) in [6.45, 7) is 8.57. The molecule has 3 unspecified atom stereocenters. The normalized spacial score (nSPS) is 24.7. The number of halogens is 1. The number of nitrogens with zero attached hydrogens (tertiary/aromatic N) is 1. The van der Waals surface area contributed by atoms with Crippen molar-refractivity contribution in [1.82, 2.24) is 10.6 Å². The average Bonchev–Trinajstić information content (AvgIpc) is 3.08. The Morgan fingerprint density at radius 2 is 2.29 bits per heavy atom. The first-order chi connectivity index (χ1) is 11.1. The van der Waals surface area contributed by atoms with Crippen molar-refractivity contribution in [3.8, 4) is 0 Å². The maximum Gasteiger partial charge on any atom is 0.191 e. The van der Waals surface area contributed by atoms with Gasteiger partial charge in [-0.3, -0.25) is 4.99 Å². The van der Waals surface area contributed by atoms with Gasteiger partial charge in [0.15, 0.2) is 5.96 Å². The molecule has 1 fully saturated rings. The van der Waals surface area contributed by atoms with Crippen LogP contribution in [0.4, 0.5) is 0 Å². The summed E-state index contributed by atoms with van der Waals surface area (Å²) in [6.07, 6.45) is 1.96. The third-order valence-electron chi connectivity index (χ3n) is 4.27.